The molecule has 1 aromatic carbocycles. The molecule has 1 amide bonds. The summed E-state index contributed by atoms with van der Waals surface area (Å²) in [4.78, 5) is 30.6. The van der Waals surface area contributed by atoms with Crippen molar-refractivity contribution >= 4 is 17.3 Å². The molecular formula is C30H40N2O5. The quantitative estimate of drug-likeness (QED) is 0.311. The van der Waals surface area contributed by atoms with Crippen LogP contribution in [0.4, 0.5) is 5.69 Å². The highest BCUT2D eigenvalue weighted by Crippen LogP contribution is 2.70. The molecule has 1 aromatic rings. The van der Waals surface area contributed by atoms with Crippen LogP contribution in [0.15, 0.2) is 41.6 Å². The van der Waals surface area contributed by atoms with E-state index in [-0.39, 0.29) is 35.4 Å². The molecule has 200 valence electrons. The Hall–Kier alpha value is -2.22. The number of hydrogen-bond donors (Lipinski definition) is 2. The molecule has 2 N–H and O–H groups in total. The van der Waals surface area contributed by atoms with E-state index < -0.39 is 11.2 Å². The topological polar surface area (TPSA) is 89.4 Å². The van der Waals surface area contributed by atoms with Crippen molar-refractivity contribution in [3.8, 4) is 0 Å². The van der Waals surface area contributed by atoms with Crippen LogP contribution in [-0.2, 0) is 19.4 Å². The van der Waals surface area contributed by atoms with Gasteiger partial charge in [0.1, 0.15) is 11.2 Å². The van der Waals surface area contributed by atoms with Crippen LogP contribution < -0.4 is 5.32 Å². The molecule has 4 aliphatic carbocycles. The van der Waals surface area contributed by atoms with E-state index in [1.807, 2.05) is 24.3 Å². The van der Waals surface area contributed by atoms with Crippen LogP contribution in [0, 0.1) is 22.7 Å². The number of fused-ring (bicyclic) bond motifs is 2. The van der Waals surface area contributed by atoms with Gasteiger partial charge >= 0.3 is 0 Å². The molecule has 3 saturated carbocycles. The van der Waals surface area contributed by atoms with Crippen molar-refractivity contribution in [2.45, 2.75) is 95.9 Å². The molecule has 7 atom stereocenters. The third-order valence-corrected chi connectivity index (χ3v) is 10.6. The van der Waals surface area contributed by atoms with Gasteiger partial charge in [-0.1, -0.05) is 51.1 Å². The Morgan fingerprint density at radius 3 is 2.59 bits per heavy atom. The lowest BCUT2D eigenvalue weighted by atomic mass is 9.43. The molecule has 37 heavy (non-hydrogen) atoms. The number of carbonyl (C=O) groups is 1. The monoisotopic (exact) mass is 508 g/mol. The van der Waals surface area contributed by atoms with Gasteiger partial charge in [0, 0.05) is 34.8 Å². The van der Waals surface area contributed by atoms with E-state index in [0.717, 1.165) is 49.9 Å². The summed E-state index contributed by atoms with van der Waals surface area (Å²) in [5.74, 6) is 0.808. The van der Waals surface area contributed by atoms with Gasteiger partial charge in [-0.25, -0.2) is 9.78 Å². The number of rotatable bonds is 5. The molecule has 1 saturated heterocycles. The number of aliphatic hydroxyl groups excluding tert-OH is 1. The number of aliphatic hydroxyl groups is 1. The van der Waals surface area contributed by atoms with Crippen molar-refractivity contribution in [3.63, 3.8) is 0 Å². The molecule has 7 heteroatoms. The first-order chi connectivity index (χ1) is 17.6. The second-order valence-corrected chi connectivity index (χ2v) is 12.8. The molecular weight excluding hydrogens is 468 g/mol. The zero-order chi connectivity index (χ0) is 26.1. The van der Waals surface area contributed by atoms with Gasteiger partial charge in [-0.3, -0.25) is 4.79 Å². The van der Waals surface area contributed by atoms with E-state index in [9.17, 15) is 9.90 Å². The minimum Gasteiger partial charge on any atom is -0.393 e. The third-order valence-electron chi connectivity index (χ3n) is 10.6. The highest BCUT2D eigenvalue weighted by molar-refractivity contribution is 5.93. The van der Waals surface area contributed by atoms with Gasteiger partial charge in [0.05, 0.1) is 11.8 Å². The van der Waals surface area contributed by atoms with Crippen LogP contribution in [0.3, 0.4) is 0 Å². The van der Waals surface area contributed by atoms with Gasteiger partial charge in [0.2, 0.25) is 0 Å². The molecule has 4 fully saturated rings. The molecule has 2 spiro atoms. The number of nitrogens with one attached hydrogen (secondary N) is 1. The Balaban J connectivity index is 1.15. The molecule has 7 nitrogen and oxygen atoms in total. The van der Waals surface area contributed by atoms with Crippen molar-refractivity contribution in [1.82, 2.24) is 0 Å². The molecule has 0 unspecified atom stereocenters. The number of benzene rings is 1. The summed E-state index contributed by atoms with van der Waals surface area (Å²) in [5.41, 5.74) is 1.77. The van der Waals surface area contributed by atoms with E-state index >= 15 is 0 Å². The van der Waals surface area contributed by atoms with Crippen LogP contribution in [0.5, 0.6) is 0 Å². The van der Waals surface area contributed by atoms with Crippen LogP contribution in [0.25, 0.3) is 0 Å². The summed E-state index contributed by atoms with van der Waals surface area (Å²) in [6.07, 6.45) is 10.3. The Kier molecular flexibility index (Phi) is 5.86. The van der Waals surface area contributed by atoms with E-state index in [1.54, 1.807) is 0 Å². The second-order valence-electron chi connectivity index (χ2n) is 12.8. The molecule has 6 aliphatic rings. The molecule has 0 aromatic heterocycles. The zero-order valence-electron chi connectivity index (χ0n) is 22.5. The summed E-state index contributed by atoms with van der Waals surface area (Å²) in [6, 6.07) is 7.91. The number of amides is 1. The van der Waals surface area contributed by atoms with E-state index in [2.05, 4.69) is 50.3 Å². The summed E-state index contributed by atoms with van der Waals surface area (Å²) in [7, 11) is 0. The molecule has 0 radical (unpaired) electrons. The summed E-state index contributed by atoms with van der Waals surface area (Å²) in [5, 5.41) is 17.8. The average Bonchev–Trinajstić information content (AvgIpc) is 3.21. The number of hydrogen-bond acceptors (Lipinski definition) is 6. The average molecular weight is 509 g/mol. The third kappa shape index (κ3) is 3.64. The predicted octanol–water partition coefficient (Wildman–Crippen LogP) is 5.51. The van der Waals surface area contributed by atoms with Gasteiger partial charge in [0.15, 0.2) is 6.61 Å². The second kappa shape index (κ2) is 8.65. The maximum atomic E-state index is 12.5. The first-order valence-corrected chi connectivity index (χ1v) is 14.0. The standard InChI is InChI=1S/C30H40N2O5/c1-19(2)20-5-7-21(8-6-20)31-26(34)18-35-32-25-10-9-23-27(25,3)13-12-24-28(4)14-11-22(33)17-29(28)15-16-30(23,24)37-36-29/h5-8,15-16,19,22-24,33H,9-14,17-18H2,1-4H3,(H,31,34)/b32-25+/t22-,23+,24-,27-,28+,29+,30-/m0/s1. The lowest BCUT2D eigenvalue weighted by Crippen LogP contribution is -2.73. The fraction of sp³-hybridized carbons (Fsp3) is 0.667. The number of anilines is 1. The van der Waals surface area contributed by atoms with Gasteiger partial charge in [0.25, 0.3) is 5.91 Å². The van der Waals surface area contributed by atoms with Gasteiger partial charge < -0.3 is 15.3 Å². The van der Waals surface area contributed by atoms with Crippen molar-refractivity contribution in [2.75, 3.05) is 11.9 Å². The molecule has 7 rings (SSSR count). The predicted molar refractivity (Wildman–Crippen MR) is 141 cm³/mol. The van der Waals surface area contributed by atoms with E-state index in [1.165, 1.54) is 5.56 Å². The van der Waals surface area contributed by atoms with Gasteiger partial charge in [-0.15, -0.1) is 0 Å². The summed E-state index contributed by atoms with van der Waals surface area (Å²) < 4.78 is 0. The van der Waals surface area contributed by atoms with Crippen molar-refractivity contribution in [3.05, 3.63) is 42.0 Å². The Morgan fingerprint density at radius 2 is 1.89 bits per heavy atom. The Morgan fingerprint density at radius 1 is 1.11 bits per heavy atom. The molecule has 2 aliphatic heterocycles. The van der Waals surface area contributed by atoms with Crippen LogP contribution in [0.2, 0.25) is 0 Å². The smallest absolute Gasteiger partial charge is 0.265 e. The minimum absolute atomic E-state index is 0.0532. The van der Waals surface area contributed by atoms with Crippen molar-refractivity contribution < 1.29 is 24.5 Å². The maximum absolute atomic E-state index is 12.5. The lowest BCUT2D eigenvalue weighted by molar-refractivity contribution is -0.496. The van der Waals surface area contributed by atoms with Gasteiger partial charge in [-0.2, -0.15) is 0 Å². The largest absolute Gasteiger partial charge is 0.393 e. The van der Waals surface area contributed by atoms with E-state index in [0.29, 0.717) is 18.3 Å². The zero-order valence-corrected chi connectivity index (χ0v) is 22.5. The highest BCUT2D eigenvalue weighted by Gasteiger charge is 2.74. The van der Waals surface area contributed by atoms with Crippen LogP contribution in [0.1, 0.15) is 84.1 Å². The first-order valence-electron chi connectivity index (χ1n) is 14.0. The fourth-order valence-corrected chi connectivity index (χ4v) is 8.36. The summed E-state index contributed by atoms with van der Waals surface area (Å²) in [6.45, 7) is 8.79. The SMILES string of the molecule is CC(C)c1ccc(NC(=O)CO/N=C2\CC[C@H]3[C@@]45C=C[C@]6(C[C@@H](O)CC[C@]6(C)[C@@H]4CC[C@]23C)OO5)cc1. The minimum atomic E-state index is -0.536. The van der Waals surface area contributed by atoms with E-state index in [4.69, 9.17) is 14.6 Å². The first kappa shape index (κ1) is 25.1. The highest BCUT2D eigenvalue weighted by atomic mass is 17.2. The summed E-state index contributed by atoms with van der Waals surface area (Å²) >= 11 is 0. The number of carbonyl (C=O) groups excluding carboxylic acids is 1. The van der Waals surface area contributed by atoms with Crippen molar-refractivity contribution in [1.29, 1.82) is 0 Å². The maximum Gasteiger partial charge on any atom is 0.265 e. The Labute approximate surface area is 219 Å². The van der Waals surface area contributed by atoms with Crippen LogP contribution in [-0.4, -0.2) is 40.6 Å². The fourth-order valence-electron chi connectivity index (χ4n) is 8.36. The molecule has 2 bridgehead atoms. The van der Waals surface area contributed by atoms with Crippen LogP contribution >= 0.6 is 0 Å². The number of nitrogens with zero attached hydrogens (tertiary/aromatic N) is 1. The van der Waals surface area contributed by atoms with Gasteiger partial charge in [-0.05, 0) is 68.2 Å². The molecule has 2 heterocycles. The number of oxime groups is 1. The normalized spacial score (nSPS) is 42.9. The lowest BCUT2D eigenvalue weighted by Gasteiger charge is -2.69. The Bertz CT molecular complexity index is 1130. The van der Waals surface area contributed by atoms with Crippen molar-refractivity contribution in [2.24, 2.45) is 27.8 Å².